The fourth-order valence-electron chi connectivity index (χ4n) is 4.68. The van der Waals surface area contributed by atoms with Gasteiger partial charge >= 0.3 is 0 Å². The zero-order chi connectivity index (χ0) is 34.2. The highest BCUT2D eigenvalue weighted by Crippen LogP contribution is 2.18. The van der Waals surface area contributed by atoms with Crippen molar-refractivity contribution >= 4 is 65.0 Å². The first kappa shape index (κ1) is 57.0. The number of alkyl halides is 2. The average Bonchev–Trinajstić information content (AvgIpc) is 2.99. The van der Waals surface area contributed by atoms with E-state index in [-0.39, 0.29) is 79.6 Å². The SMILES string of the molecule is C=C(N)NCCC[C@@H](CC(=O)[C@@H](CCCCCl)NC(=O)CCC(=O)[C@@H]([NH-])CS)C(=O)N[C@H](CCCCCl)C(=O)CCC[NH+](C)C.N.N.[Cl-].[Cl-]. The van der Waals surface area contributed by atoms with Crippen LogP contribution in [0.2, 0.25) is 0 Å². The summed E-state index contributed by atoms with van der Waals surface area (Å²) in [5.74, 6) is -1.14. The third-order valence-electron chi connectivity index (χ3n) is 7.35. The number of hydrogen-bond acceptors (Lipinski definition) is 10. The van der Waals surface area contributed by atoms with Crippen LogP contribution in [0.4, 0.5) is 0 Å². The van der Waals surface area contributed by atoms with Crippen LogP contribution in [0.15, 0.2) is 12.4 Å². The minimum absolute atomic E-state index is 0. The fourth-order valence-corrected chi connectivity index (χ4v) is 5.26. The van der Waals surface area contributed by atoms with Crippen LogP contribution in [0.1, 0.15) is 83.5 Å². The molecule has 49 heavy (non-hydrogen) atoms. The molecule has 0 rings (SSSR count). The number of rotatable bonds is 29. The number of Topliss-reactive ketones (excluding diaryl/α,β-unsaturated/α-hetero) is 3. The second kappa shape index (κ2) is 35.1. The number of unbranched alkanes of at least 4 members (excludes halogenated alkanes) is 2. The molecule has 0 heterocycles. The first-order valence-corrected chi connectivity index (χ1v) is 17.6. The minimum atomic E-state index is -1.01. The van der Waals surface area contributed by atoms with E-state index in [0.29, 0.717) is 88.3 Å². The van der Waals surface area contributed by atoms with Crippen LogP contribution < -0.4 is 63.7 Å². The minimum Gasteiger partial charge on any atom is -1.00 e. The maximum absolute atomic E-state index is 13.6. The lowest BCUT2D eigenvalue weighted by Gasteiger charge is -2.24. The van der Waals surface area contributed by atoms with E-state index >= 15 is 0 Å². The molecule has 292 valence electrons. The molecule has 0 aromatic carbocycles. The number of carbonyl (C=O) groups is 5. The van der Waals surface area contributed by atoms with Gasteiger partial charge in [0.25, 0.3) is 0 Å². The molecule has 0 aliphatic heterocycles. The van der Waals surface area contributed by atoms with Crippen molar-refractivity contribution in [1.29, 1.82) is 0 Å². The Labute approximate surface area is 321 Å². The smallest absolute Gasteiger partial charge is 0.224 e. The van der Waals surface area contributed by atoms with Crippen LogP contribution in [0.3, 0.4) is 0 Å². The summed E-state index contributed by atoms with van der Waals surface area (Å²) in [5, 5.41) is 8.59. The van der Waals surface area contributed by atoms with Crippen molar-refractivity contribution in [3.05, 3.63) is 18.1 Å². The van der Waals surface area contributed by atoms with Crippen molar-refractivity contribution in [3.63, 3.8) is 0 Å². The Bertz CT molecular complexity index is 940. The molecule has 0 fully saturated rings. The highest BCUT2D eigenvalue weighted by Gasteiger charge is 2.30. The monoisotopic (exact) mass is 798 g/mol. The molecule has 0 bridgehead atoms. The summed E-state index contributed by atoms with van der Waals surface area (Å²) >= 11 is 15.7. The molecule has 0 aromatic rings. The van der Waals surface area contributed by atoms with Gasteiger partial charge in [0, 0.05) is 56.3 Å². The lowest BCUT2D eigenvalue weighted by atomic mass is 9.90. The number of halogens is 4. The summed E-state index contributed by atoms with van der Waals surface area (Å²) in [6, 6.07) is -2.54. The van der Waals surface area contributed by atoms with Crippen LogP contribution in [0.5, 0.6) is 0 Å². The Hall–Kier alpha value is -1.36. The van der Waals surface area contributed by atoms with Crippen LogP contribution in [-0.2, 0) is 24.0 Å². The summed E-state index contributed by atoms with van der Waals surface area (Å²) in [6.07, 6.45) is 4.90. The predicted molar refractivity (Wildman–Crippen MR) is 195 cm³/mol. The van der Waals surface area contributed by atoms with Gasteiger partial charge in [-0.05, 0) is 57.1 Å². The van der Waals surface area contributed by atoms with Gasteiger partial charge in [0.2, 0.25) is 11.8 Å². The number of quaternary nitrogens is 1. The molecule has 0 aromatic heterocycles. The molecule has 0 aliphatic carbocycles. The van der Waals surface area contributed by atoms with Gasteiger partial charge in [0.1, 0.15) is 5.78 Å². The summed E-state index contributed by atoms with van der Waals surface area (Å²) in [7, 11) is 4.03. The van der Waals surface area contributed by atoms with E-state index in [4.69, 9.17) is 34.7 Å². The Morgan fingerprint density at radius 1 is 0.796 bits per heavy atom. The average molecular weight is 801 g/mol. The van der Waals surface area contributed by atoms with Gasteiger partial charge < -0.3 is 74.2 Å². The fraction of sp³-hybridized carbons (Fsp3) is 0.774. The van der Waals surface area contributed by atoms with Crippen molar-refractivity contribution in [2.45, 2.75) is 102 Å². The molecule has 13 N–H and O–H groups in total. The summed E-state index contributed by atoms with van der Waals surface area (Å²) in [5.41, 5.74) is 13.3. The molecule has 0 unspecified atom stereocenters. The number of nitrogens with two attached hydrogens (primary N) is 1. The number of amides is 2. The number of carbonyl (C=O) groups excluding carboxylic acids is 5. The van der Waals surface area contributed by atoms with E-state index in [9.17, 15) is 24.0 Å². The van der Waals surface area contributed by atoms with Gasteiger partial charge in [-0.1, -0.05) is 12.6 Å². The second-order valence-electron chi connectivity index (χ2n) is 11.7. The first-order chi connectivity index (χ1) is 21.4. The molecule has 0 saturated heterocycles. The van der Waals surface area contributed by atoms with E-state index in [2.05, 4.69) is 35.2 Å². The highest BCUT2D eigenvalue weighted by molar-refractivity contribution is 7.80. The van der Waals surface area contributed by atoms with Gasteiger partial charge in [0.15, 0.2) is 11.6 Å². The lowest BCUT2D eigenvalue weighted by molar-refractivity contribution is -0.858. The second-order valence-corrected chi connectivity index (χ2v) is 12.9. The molecule has 0 spiro atoms. The van der Waals surface area contributed by atoms with Crippen molar-refractivity contribution < 1.29 is 53.7 Å². The number of nitrogens with one attached hydrogen (secondary N) is 5. The molecular formula is C31H62Cl4N8O5S-2. The zero-order valence-electron chi connectivity index (χ0n) is 29.2. The maximum Gasteiger partial charge on any atom is 0.224 e. The molecule has 0 radical (unpaired) electrons. The molecule has 18 heteroatoms. The molecule has 4 atom stereocenters. The first-order valence-electron chi connectivity index (χ1n) is 15.9. The van der Waals surface area contributed by atoms with Gasteiger partial charge in [0.05, 0.1) is 38.5 Å². The Morgan fingerprint density at radius 3 is 1.84 bits per heavy atom. The van der Waals surface area contributed by atoms with E-state index < -0.39 is 35.7 Å². The predicted octanol–water partition coefficient (Wildman–Crippen LogP) is -3.33. The summed E-state index contributed by atoms with van der Waals surface area (Å²) in [4.78, 5) is 66.3. The quantitative estimate of drug-likeness (QED) is 0.0214. The number of thiol groups is 1. The zero-order valence-corrected chi connectivity index (χ0v) is 33.2. The Morgan fingerprint density at radius 2 is 1.35 bits per heavy atom. The molecule has 2 amide bonds. The van der Waals surface area contributed by atoms with E-state index in [1.54, 1.807) is 0 Å². The van der Waals surface area contributed by atoms with Crippen molar-refractivity contribution in [2.24, 2.45) is 11.7 Å². The van der Waals surface area contributed by atoms with Gasteiger partial charge in [-0.25, -0.2) is 0 Å². The normalized spacial score (nSPS) is 12.7. The number of ketones is 3. The van der Waals surface area contributed by atoms with Gasteiger partial charge in [-0.3, -0.25) is 19.2 Å². The summed E-state index contributed by atoms with van der Waals surface area (Å²) in [6.45, 7) is 4.89. The molecular weight excluding hydrogens is 738 g/mol. The molecule has 13 nitrogen and oxygen atoms in total. The van der Waals surface area contributed by atoms with Crippen molar-refractivity contribution in [3.8, 4) is 0 Å². The Kier molecular flexibility index (Phi) is 40.8. The van der Waals surface area contributed by atoms with Gasteiger partial charge in [-0.2, -0.15) is 12.6 Å². The van der Waals surface area contributed by atoms with E-state index in [1.165, 1.54) is 4.90 Å². The van der Waals surface area contributed by atoms with Crippen LogP contribution in [0.25, 0.3) is 5.73 Å². The maximum atomic E-state index is 13.6. The largest absolute Gasteiger partial charge is 1.00 e. The van der Waals surface area contributed by atoms with Crippen LogP contribution >= 0.6 is 35.8 Å². The van der Waals surface area contributed by atoms with Gasteiger partial charge in [-0.15, -0.1) is 23.2 Å². The topological polar surface area (TPSA) is 246 Å². The summed E-state index contributed by atoms with van der Waals surface area (Å²) < 4.78 is 0. The van der Waals surface area contributed by atoms with Crippen LogP contribution in [-0.4, -0.2) is 92.0 Å². The van der Waals surface area contributed by atoms with E-state index in [1.807, 2.05) is 14.1 Å². The van der Waals surface area contributed by atoms with Crippen molar-refractivity contribution in [2.75, 3.05) is 44.7 Å². The molecule has 0 aliphatic rings. The van der Waals surface area contributed by atoms with Crippen LogP contribution in [0, 0.1) is 5.92 Å². The lowest BCUT2D eigenvalue weighted by Crippen LogP contribution is -3.05. The Balaban J connectivity index is -0.00000161. The highest BCUT2D eigenvalue weighted by atomic mass is 35.5. The molecule has 0 saturated carbocycles. The van der Waals surface area contributed by atoms with Crippen molar-refractivity contribution in [1.82, 2.24) is 28.3 Å². The standard InChI is InChI=1S/C31H55Cl2N6O5S.2ClH.2H3N/c1-22(34)36-18-8-10-23(31(44)38-25(11-4-6-16-32)28(41)13-9-19-39(2)3)20-29(42)26(12-5-7-17-33)37-30(43)15-14-27(40)24(35)21-45;;;;/h23-26,35-36,45H,1,4-21,34H2,2-3H3,(H,37,43)(H,38,44);2*1H;2*1H3/q-1;;;;/p-1/t23-,24-,25+,26+;;;;/m0..../s1. The third kappa shape index (κ3) is 29.0. The van der Waals surface area contributed by atoms with E-state index in [0.717, 1.165) is 6.54 Å². The third-order valence-corrected chi connectivity index (χ3v) is 8.25. The number of hydrogen-bond donors (Lipinski definition) is 8.